The fraction of sp³-hybridized carbons (Fsp3) is 0.875. The number of unbranched alkanes of at least 4 members (excludes halogenated alkanes) is 6. The van der Waals surface area contributed by atoms with E-state index in [1.165, 1.54) is 32.1 Å². The van der Waals surface area contributed by atoms with Crippen LogP contribution in [0.4, 0.5) is 0 Å². The molecule has 2 N–H and O–H groups in total. The Balaban J connectivity index is 3.78. The molecule has 0 saturated heterocycles. The van der Waals surface area contributed by atoms with Crippen molar-refractivity contribution in [2.45, 2.75) is 84.6 Å². The molecule has 0 heterocycles. The van der Waals surface area contributed by atoms with Crippen LogP contribution in [0.25, 0.3) is 0 Å². The van der Waals surface area contributed by atoms with Crippen LogP contribution in [0, 0.1) is 5.92 Å². The van der Waals surface area contributed by atoms with Gasteiger partial charge in [0.1, 0.15) is 6.04 Å². The molecular weight excluding hydrogens is 254 g/mol. The van der Waals surface area contributed by atoms with Gasteiger partial charge in [0.25, 0.3) is 0 Å². The van der Waals surface area contributed by atoms with Crippen molar-refractivity contribution >= 4 is 11.9 Å². The minimum atomic E-state index is -0.938. The molecule has 4 nitrogen and oxygen atoms in total. The SMILES string of the molecule is CCCCCCCCCC(=O)N[C@@H](C(=O)O)C(C)CC. The van der Waals surface area contributed by atoms with Crippen LogP contribution in [0.15, 0.2) is 0 Å². The summed E-state index contributed by atoms with van der Waals surface area (Å²) in [7, 11) is 0. The topological polar surface area (TPSA) is 66.4 Å². The van der Waals surface area contributed by atoms with E-state index < -0.39 is 12.0 Å². The van der Waals surface area contributed by atoms with Crippen LogP contribution in [0.3, 0.4) is 0 Å². The van der Waals surface area contributed by atoms with Gasteiger partial charge in [0.15, 0.2) is 0 Å². The standard InChI is InChI=1S/C16H31NO3/c1-4-6-7-8-9-10-11-12-14(18)17-15(16(19)20)13(3)5-2/h13,15H,4-12H2,1-3H3,(H,17,18)(H,19,20)/t13?,15-/m1/s1. The molecule has 0 aliphatic carbocycles. The first-order valence-corrected chi connectivity index (χ1v) is 8.05. The summed E-state index contributed by atoms with van der Waals surface area (Å²) >= 11 is 0. The lowest BCUT2D eigenvalue weighted by molar-refractivity contribution is -0.143. The van der Waals surface area contributed by atoms with Crippen LogP contribution in [0.2, 0.25) is 0 Å². The molecule has 0 bridgehead atoms. The normalized spacial score (nSPS) is 13.8. The van der Waals surface area contributed by atoms with Crippen molar-refractivity contribution in [3.05, 3.63) is 0 Å². The van der Waals surface area contributed by atoms with E-state index in [1.54, 1.807) is 0 Å². The largest absolute Gasteiger partial charge is 0.480 e. The molecule has 2 atom stereocenters. The molecule has 20 heavy (non-hydrogen) atoms. The van der Waals surface area contributed by atoms with Crippen LogP contribution in [-0.4, -0.2) is 23.0 Å². The number of carboxylic acid groups (broad SMARTS) is 1. The lowest BCUT2D eigenvalue weighted by atomic mass is 9.99. The van der Waals surface area contributed by atoms with Crippen molar-refractivity contribution < 1.29 is 14.7 Å². The molecule has 4 heteroatoms. The predicted molar refractivity (Wildman–Crippen MR) is 81.6 cm³/mol. The minimum Gasteiger partial charge on any atom is -0.480 e. The molecule has 1 unspecified atom stereocenters. The first-order chi connectivity index (χ1) is 9.52. The smallest absolute Gasteiger partial charge is 0.326 e. The van der Waals surface area contributed by atoms with Gasteiger partial charge in [-0.2, -0.15) is 0 Å². The number of carbonyl (C=O) groups excluding carboxylic acids is 1. The Labute approximate surface area is 123 Å². The van der Waals surface area contributed by atoms with Crippen molar-refractivity contribution in [3.8, 4) is 0 Å². The maximum Gasteiger partial charge on any atom is 0.326 e. The van der Waals surface area contributed by atoms with E-state index in [4.69, 9.17) is 5.11 Å². The quantitative estimate of drug-likeness (QED) is 0.537. The zero-order chi connectivity index (χ0) is 15.4. The summed E-state index contributed by atoms with van der Waals surface area (Å²) in [5.41, 5.74) is 0. The summed E-state index contributed by atoms with van der Waals surface area (Å²) in [6.45, 7) is 5.98. The molecule has 118 valence electrons. The summed E-state index contributed by atoms with van der Waals surface area (Å²) < 4.78 is 0. The van der Waals surface area contributed by atoms with E-state index in [-0.39, 0.29) is 11.8 Å². The molecule has 0 aromatic carbocycles. The molecule has 1 amide bonds. The molecule has 0 aliphatic heterocycles. The van der Waals surface area contributed by atoms with Gasteiger partial charge in [-0.1, -0.05) is 65.7 Å². The van der Waals surface area contributed by atoms with Gasteiger partial charge in [-0.15, -0.1) is 0 Å². The Kier molecular flexibility index (Phi) is 11.1. The van der Waals surface area contributed by atoms with Gasteiger partial charge in [-0.3, -0.25) is 4.79 Å². The average molecular weight is 285 g/mol. The van der Waals surface area contributed by atoms with E-state index in [9.17, 15) is 9.59 Å². The first-order valence-electron chi connectivity index (χ1n) is 8.05. The highest BCUT2D eigenvalue weighted by Gasteiger charge is 2.24. The maximum atomic E-state index is 11.7. The second kappa shape index (κ2) is 11.7. The molecule has 0 aromatic rings. The van der Waals surface area contributed by atoms with E-state index >= 15 is 0 Å². The van der Waals surface area contributed by atoms with Crippen molar-refractivity contribution in [2.75, 3.05) is 0 Å². The van der Waals surface area contributed by atoms with Crippen molar-refractivity contribution in [3.63, 3.8) is 0 Å². The molecule has 0 fully saturated rings. The first kappa shape index (κ1) is 18.9. The van der Waals surface area contributed by atoms with E-state index in [0.717, 1.165) is 19.3 Å². The number of carbonyl (C=O) groups is 2. The highest BCUT2D eigenvalue weighted by molar-refractivity contribution is 5.83. The molecule has 0 rings (SSSR count). The van der Waals surface area contributed by atoms with Gasteiger partial charge in [0.05, 0.1) is 0 Å². The number of amides is 1. The number of nitrogens with one attached hydrogen (secondary N) is 1. The lowest BCUT2D eigenvalue weighted by Crippen LogP contribution is -2.44. The van der Waals surface area contributed by atoms with Crippen LogP contribution in [0.1, 0.15) is 78.6 Å². The van der Waals surface area contributed by atoms with Crippen LogP contribution >= 0.6 is 0 Å². The third kappa shape index (κ3) is 8.94. The molecule has 0 spiro atoms. The fourth-order valence-corrected chi connectivity index (χ4v) is 2.17. The summed E-state index contributed by atoms with van der Waals surface area (Å²) in [5, 5.41) is 11.7. The van der Waals surface area contributed by atoms with Gasteiger partial charge in [-0.25, -0.2) is 4.79 Å². The third-order valence-corrected chi connectivity index (χ3v) is 3.80. The van der Waals surface area contributed by atoms with Gasteiger partial charge in [0.2, 0.25) is 5.91 Å². The molecule has 0 saturated carbocycles. The molecule has 0 radical (unpaired) electrons. The number of aliphatic carboxylic acids is 1. The zero-order valence-corrected chi connectivity index (χ0v) is 13.3. The van der Waals surface area contributed by atoms with E-state index in [2.05, 4.69) is 12.2 Å². The number of hydrogen-bond acceptors (Lipinski definition) is 2. The van der Waals surface area contributed by atoms with Crippen molar-refractivity contribution in [2.24, 2.45) is 5.92 Å². The number of rotatable bonds is 12. The summed E-state index contributed by atoms with van der Waals surface area (Å²) in [4.78, 5) is 22.8. The average Bonchev–Trinajstić information content (AvgIpc) is 2.42. The highest BCUT2D eigenvalue weighted by atomic mass is 16.4. The molecule has 0 aromatic heterocycles. The number of hydrogen-bond donors (Lipinski definition) is 2. The predicted octanol–water partition coefficient (Wildman–Crippen LogP) is 3.74. The van der Waals surface area contributed by atoms with Gasteiger partial charge < -0.3 is 10.4 Å². The Morgan fingerprint density at radius 1 is 1.00 bits per heavy atom. The van der Waals surface area contributed by atoms with Crippen molar-refractivity contribution in [1.29, 1.82) is 0 Å². The number of carboxylic acids is 1. The second-order valence-electron chi connectivity index (χ2n) is 5.64. The Morgan fingerprint density at radius 3 is 2.05 bits per heavy atom. The third-order valence-electron chi connectivity index (χ3n) is 3.80. The van der Waals surface area contributed by atoms with Crippen LogP contribution < -0.4 is 5.32 Å². The van der Waals surface area contributed by atoms with E-state index in [0.29, 0.717) is 6.42 Å². The van der Waals surface area contributed by atoms with Crippen LogP contribution in [-0.2, 0) is 9.59 Å². The maximum absolute atomic E-state index is 11.7. The van der Waals surface area contributed by atoms with Crippen LogP contribution in [0.5, 0.6) is 0 Å². The minimum absolute atomic E-state index is 0.0366. The Morgan fingerprint density at radius 2 is 1.55 bits per heavy atom. The monoisotopic (exact) mass is 285 g/mol. The lowest BCUT2D eigenvalue weighted by Gasteiger charge is -2.20. The summed E-state index contributed by atoms with van der Waals surface area (Å²) in [6.07, 6.45) is 9.30. The van der Waals surface area contributed by atoms with E-state index in [1.807, 2.05) is 13.8 Å². The summed E-state index contributed by atoms with van der Waals surface area (Å²) in [5.74, 6) is -1.11. The molecule has 0 aliphatic rings. The zero-order valence-electron chi connectivity index (χ0n) is 13.3. The van der Waals surface area contributed by atoms with Crippen molar-refractivity contribution in [1.82, 2.24) is 5.32 Å². The fourth-order valence-electron chi connectivity index (χ4n) is 2.17. The Hall–Kier alpha value is -1.06. The Bertz CT molecular complexity index is 279. The molecular formula is C16H31NO3. The summed E-state index contributed by atoms with van der Waals surface area (Å²) in [6, 6.07) is -0.753. The van der Waals surface area contributed by atoms with Gasteiger partial charge >= 0.3 is 5.97 Å². The van der Waals surface area contributed by atoms with Gasteiger partial charge in [0, 0.05) is 6.42 Å². The second-order valence-corrected chi connectivity index (χ2v) is 5.64. The highest BCUT2D eigenvalue weighted by Crippen LogP contribution is 2.10. The van der Waals surface area contributed by atoms with Gasteiger partial charge in [-0.05, 0) is 12.3 Å².